The summed E-state index contributed by atoms with van der Waals surface area (Å²) in [5.74, 6) is 0.551. The van der Waals surface area contributed by atoms with Crippen LogP contribution < -0.4 is 10.2 Å². The number of hydrogen-bond donors (Lipinski definition) is 2. The van der Waals surface area contributed by atoms with E-state index in [-0.39, 0.29) is 18.6 Å². The molecule has 1 aliphatic carbocycles. The van der Waals surface area contributed by atoms with Gasteiger partial charge in [-0.2, -0.15) is 0 Å². The zero-order valence-electron chi connectivity index (χ0n) is 14.3. The summed E-state index contributed by atoms with van der Waals surface area (Å²) in [6, 6.07) is 3.77. The Bertz CT molecular complexity index is 560. The number of aliphatic hydroxyl groups is 1. The maximum absolute atomic E-state index is 12.7. The molecule has 3 rings (SSSR count). The number of ether oxygens (including phenoxy) is 1. The summed E-state index contributed by atoms with van der Waals surface area (Å²) < 4.78 is 5.22. The molecule has 0 radical (unpaired) electrons. The minimum absolute atomic E-state index is 0.174. The monoisotopic (exact) mass is 333 g/mol. The van der Waals surface area contributed by atoms with Crippen LogP contribution in [0.5, 0.6) is 0 Å². The van der Waals surface area contributed by atoms with E-state index in [4.69, 9.17) is 4.74 Å². The Morgan fingerprint density at radius 1 is 1.33 bits per heavy atom. The van der Waals surface area contributed by atoms with E-state index in [0.717, 1.165) is 18.7 Å². The van der Waals surface area contributed by atoms with Crippen molar-refractivity contribution in [1.82, 2.24) is 10.3 Å². The van der Waals surface area contributed by atoms with Crippen LogP contribution in [0.1, 0.15) is 48.9 Å². The van der Waals surface area contributed by atoms with Crippen LogP contribution in [0.15, 0.2) is 18.3 Å². The number of hydrogen-bond acceptors (Lipinski definition) is 5. The second-order valence-corrected chi connectivity index (χ2v) is 6.79. The molecular formula is C18H27N3O3. The summed E-state index contributed by atoms with van der Waals surface area (Å²) >= 11 is 0. The van der Waals surface area contributed by atoms with Crippen LogP contribution in [0, 0.1) is 0 Å². The van der Waals surface area contributed by atoms with Crippen molar-refractivity contribution in [2.75, 3.05) is 25.2 Å². The van der Waals surface area contributed by atoms with Crippen LogP contribution in [-0.4, -0.2) is 54.4 Å². The lowest BCUT2D eigenvalue weighted by Gasteiger charge is -2.33. The molecule has 6 heteroatoms. The highest BCUT2D eigenvalue weighted by Gasteiger charge is 2.28. The van der Waals surface area contributed by atoms with E-state index in [1.807, 2.05) is 13.1 Å². The minimum atomic E-state index is -0.654. The standard InChI is InChI=1S/C18H27N3O3/c1-21(13-6-3-2-4-7-13)17-14(8-5-10-19-17)18(23)20-15-9-11-24-12-16(15)22/h5,8,10,13,15-16,22H,2-4,6-7,9,11-12H2,1H3,(H,20,23)/t15-,16-/m1/s1. The molecule has 0 bridgehead atoms. The van der Waals surface area contributed by atoms with Crippen LogP contribution in [0.4, 0.5) is 5.82 Å². The highest BCUT2D eigenvalue weighted by Crippen LogP contribution is 2.27. The number of aromatic nitrogens is 1. The first-order valence-corrected chi connectivity index (χ1v) is 8.91. The molecule has 1 saturated heterocycles. The third kappa shape index (κ3) is 3.87. The van der Waals surface area contributed by atoms with Gasteiger partial charge < -0.3 is 20.1 Å². The van der Waals surface area contributed by atoms with Crippen LogP contribution in [0.2, 0.25) is 0 Å². The quantitative estimate of drug-likeness (QED) is 0.878. The van der Waals surface area contributed by atoms with E-state index in [9.17, 15) is 9.90 Å². The van der Waals surface area contributed by atoms with E-state index in [0.29, 0.717) is 24.6 Å². The minimum Gasteiger partial charge on any atom is -0.389 e. The topological polar surface area (TPSA) is 74.7 Å². The smallest absolute Gasteiger partial charge is 0.255 e. The number of anilines is 1. The largest absolute Gasteiger partial charge is 0.389 e. The summed E-state index contributed by atoms with van der Waals surface area (Å²) in [7, 11) is 2.03. The number of nitrogens with zero attached hydrogens (tertiary/aromatic N) is 2. The van der Waals surface area contributed by atoms with Gasteiger partial charge >= 0.3 is 0 Å². The van der Waals surface area contributed by atoms with Crippen LogP contribution in [-0.2, 0) is 4.74 Å². The Morgan fingerprint density at radius 2 is 2.12 bits per heavy atom. The molecule has 24 heavy (non-hydrogen) atoms. The maximum Gasteiger partial charge on any atom is 0.255 e. The predicted molar refractivity (Wildman–Crippen MR) is 92.2 cm³/mol. The normalized spacial score (nSPS) is 25.2. The highest BCUT2D eigenvalue weighted by molar-refractivity contribution is 5.99. The molecule has 0 unspecified atom stereocenters. The highest BCUT2D eigenvalue weighted by atomic mass is 16.5. The number of amides is 1. The van der Waals surface area contributed by atoms with Crippen LogP contribution in [0.3, 0.4) is 0 Å². The van der Waals surface area contributed by atoms with Crippen molar-refractivity contribution in [2.45, 2.75) is 56.7 Å². The van der Waals surface area contributed by atoms with Crippen molar-refractivity contribution in [3.63, 3.8) is 0 Å². The van der Waals surface area contributed by atoms with Gasteiger partial charge in [-0.3, -0.25) is 4.79 Å². The molecule has 2 fully saturated rings. The molecule has 2 N–H and O–H groups in total. The van der Waals surface area contributed by atoms with Gasteiger partial charge in [0.25, 0.3) is 5.91 Å². The molecule has 0 spiro atoms. The Morgan fingerprint density at radius 3 is 2.88 bits per heavy atom. The number of carbonyl (C=O) groups is 1. The van der Waals surface area contributed by atoms with E-state index in [1.165, 1.54) is 19.3 Å². The fraction of sp³-hybridized carbons (Fsp3) is 0.667. The van der Waals surface area contributed by atoms with Crippen molar-refractivity contribution in [3.8, 4) is 0 Å². The summed E-state index contributed by atoms with van der Waals surface area (Å²) in [6.07, 6.45) is 7.76. The molecule has 2 heterocycles. The first-order valence-electron chi connectivity index (χ1n) is 8.91. The average molecular weight is 333 g/mol. The molecule has 2 aliphatic rings. The van der Waals surface area contributed by atoms with Crippen LogP contribution >= 0.6 is 0 Å². The summed E-state index contributed by atoms with van der Waals surface area (Å²) in [5, 5.41) is 12.9. The zero-order chi connectivity index (χ0) is 16.9. The van der Waals surface area contributed by atoms with Crippen molar-refractivity contribution in [2.24, 2.45) is 0 Å². The Balaban J connectivity index is 1.74. The third-order valence-electron chi connectivity index (χ3n) is 5.13. The van der Waals surface area contributed by atoms with E-state index in [2.05, 4.69) is 15.2 Å². The zero-order valence-corrected chi connectivity index (χ0v) is 14.3. The molecule has 1 aliphatic heterocycles. The predicted octanol–water partition coefficient (Wildman–Crippen LogP) is 1.73. The average Bonchev–Trinajstić information content (AvgIpc) is 2.63. The van der Waals surface area contributed by atoms with E-state index < -0.39 is 6.10 Å². The number of aliphatic hydroxyl groups excluding tert-OH is 1. The van der Waals surface area contributed by atoms with Gasteiger partial charge in [-0.05, 0) is 31.4 Å². The van der Waals surface area contributed by atoms with Crippen LogP contribution in [0.25, 0.3) is 0 Å². The first-order chi connectivity index (χ1) is 11.7. The Hall–Kier alpha value is -1.66. The molecular weight excluding hydrogens is 306 g/mol. The van der Waals surface area contributed by atoms with Gasteiger partial charge in [0, 0.05) is 25.9 Å². The van der Waals surface area contributed by atoms with Gasteiger partial charge in [-0.25, -0.2) is 4.98 Å². The second kappa shape index (κ2) is 7.94. The Labute approximate surface area is 143 Å². The van der Waals surface area contributed by atoms with Gasteiger partial charge in [0.2, 0.25) is 0 Å². The molecule has 1 saturated carbocycles. The molecule has 6 nitrogen and oxygen atoms in total. The van der Waals surface area contributed by atoms with E-state index >= 15 is 0 Å². The first kappa shape index (κ1) is 17.2. The Kier molecular flexibility index (Phi) is 5.68. The van der Waals surface area contributed by atoms with Gasteiger partial charge in [0.15, 0.2) is 0 Å². The second-order valence-electron chi connectivity index (χ2n) is 6.79. The van der Waals surface area contributed by atoms with Crippen molar-refractivity contribution >= 4 is 11.7 Å². The third-order valence-corrected chi connectivity index (χ3v) is 5.13. The fourth-order valence-corrected chi connectivity index (χ4v) is 3.63. The lowest BCUT2D eigenvalue weighted by atomic mass is 9.94. The van der Waals surface area contributed by atoms with Crippen molar-refractivity contribution < 1.29 is 14.6 Å². The van der Waals surface area contributed by atoms with Gasteiger partial charge in [0.05, 0.1) is 24.3 Å². The van der Waals surface area contributed by atoms with Gasteiger partial charge in [-0.15, -0.1) is 0 Å². The van der Waals surface area contributed by atoms with Gasteiger partial charge in [0.1, 0.15) is 5.82 Å². The molecule has 1 aromatic heterocycles. The number of rotatable bonds is 4. The maximum atomic E-state index is 12.7. The molecule has 0 aromatic carbocycles. The van der Waals surface area contributed by atoms with E-state index in [1.54, 1.807) is 12.3 Å². The molecule has 132 valence electrons. The van der Waals surface area contributed by atoms with Crippen molar-refractivity contribution in [3.05, 3.63) is 23.9 Å². The number of pyridine rings is 1. The molecule has 1 amide bonds. The number of nitrogens with one attached hydrogen (secondary N) is 1. The fourth-order valence-electron chi connectivity index (χ4n) is 3.63. The molecule has 2 atom stereocenters. The lowest BCUT2D eigenvalue weighted by Crippen LogP contribution is -2.49. The summed E-state index contributed by atoms with van der Waals surface area (Å²) in [5.41, 5.74) is 0.573. The summed E-state index contributed by atoms with van der Waals surface area (Å²) in [6.45, 7) is 0.830. The lowest BCUT2D eigenvalue weighted by molar-refractivity contribution is -0.0260. The molecule has 1 aromatic rings. The van der Waals surface area contributed by atoms with Gasteiger partial charge in [-0.1, -0.05) is 19.3 Å². The number of carbonyl (C=O) groups excluding carboxylic acids is 1. The SMILES string of the molecule is CN(c1ncccc1C(=O)N[C@@H]1CCOC[C@H]1O)C1CCCCC1. The van der Waals surface area contributed by atoms with Crippen molar-refractivity contribution in [1.29, 1.82) is 0 Å². The summed E-state index contributed by atoms with van der Waals surface area (Å²) in [4.78, 5) is 19.3.